The number of carbonyl (C=O) groups is 1. The SMILES string of the molecule is CC(C#N)OC(=O)c1cc(-c2cccnc2)nc2ccccc12. The van der Waals surface area contributed by atoms with Gasteiger partial charge >= 0.3 is 5.97 Å². The average molecular weight is 303 g/mol. The smallest absolute Gasteiger partial charge is 0.340 e. The van der Waals surface area contributed by atoms with Crippen molar-refractivity contribution in [3.8, 4) is 17.3 Å². The molecule has 0 saturated heterocycles. The molecule has 23 heavy (non-hydrogen) atoms. The van der Waals surface area contributed by atoms with Crippen LogP contribution in [0.5, 0.6) is 0 Å². The van der Waals surface area contributed by atoms with Crippen molar-refractivity contribution in [2.24, 2.45) is 0 Å². The van der Waals surface area contributed by atoms with Gasteiger partial charge in [0.1, 0.15) is 6.07 Å². The monoisotopic (exact) mass is 303 g/mol. The van der Waals surface area contributed by atoms with Crippen LogP contribution in [0.25, 0.3) is 22.2 Å². The Hall–Kier alpha value is -3.26. The number of esters is 1. The van der Waals surface area contributed by atoms with E-state index in [1.54, 1.807) is 18.5 Å². The van der Waals surface area contributed by atoms with E-state index in [0.29, 0.717) is 22.2 Å². The molecule has 2 heterocycles. The predicted octanol–water partition coefficient (Wildman–Crippen LogP) is 3.37. The van der Waals surface area contributed by atoms with Crippen LogP contribution in [0.3, 0.4) is 0 Å². The van der Waals surface area contributed by atoms with Crippen molar-refractivity contribution in [3.05, 3.63) is 60.4 Å². The second kappa shape index (κ2) is 6.24. The van der Waals surface area contributed by atoms with E-state index in [2.05, 4.69) is 9.97 Å². The molecular formula is C18H13N3O2. The number of nitriles is 1. The van der Waals surface area contributed by atoms with Gasteiger partial charge in [-0.25, -0.2) is 9.78 Å². The molecule has 0 aliphatic carbocycles. The van der Waals surface area contributed by atoms with Crippen molar-refractivity contribution in [1.82, 2.24) is 9.97 Å². The third kappa shape index (κ3) is 3.01. The van der Waals surface area contributed by atoms with Gasteiger partial charge in [-0.2, -0.15) is 5.26 Å². The van der Waals surface area contributed by atoms with Crippen molar-refractivity contribution in [1.29, 1.82) is 5.26 Å². The van der Waals surface area contributed by atoms with Crippen LogP contribution in [-0.2, 0) is 4.74 Å². The maximum Gasteiger partial charge on any atom is 0.340 e. The molecule has 1 atom stereocenters. The predicted molar refractivity (Wildman–Crippen MR) is 85.5 cm³/mol. The number of para-hydroxylation sites is 1. The molecule has 0 bridgehead atoms. The average Bonchev–Trinajstić information content (AvgIpc) is 2.61. The molecule has 3 rings (SSSR count). The molecule has 0 spiro atoms. The number of benzene rings is 1. The van der Waals surface area contributed by atoms with Crippen LogP contribution >= 0.6 is 0 Å². The fourth-order valence-electron chi connectivity index (χ4n) is 2.26. The van der Waals surface area contributed by atoms with E-state index in [0.717, 1.165) is 5.56 Å². The zero-order chi connectivity index (χ0) is 16.2. The lowest BCUT2D eigenvalue weighted by molar-refractivity contribution is 0.0438. The lowest BCUT2D eigenvalue weighted by atomic mass is 10.1. The van der Waals surface area contributed by atoms with E-state index in [4.69, 9.17) is 10.00 Å². The zero-order valence-corrected chi connectivity index (χ0v) is 12.4. The van der Waals surface area contributed by atoms with Gasteiger partial charge in [0.15, 0.2) is 6.10 Å². The van der Waals surface area contributed by atoms with Crippen molar-refractivity contribution in [2.75, 3.05) is 0 Å². The molecule has 5 nitrogen and oxygen atoms in total. The van der Waals surface area contributed by atoms with Gasteiger partial charge in [-0.1, -0.05) is 18.2 Å². The Kier molecular flexibility index (Phi) is 3.98. The number of hydrogen-bond acceptors (Lipinski definition) is 5. The highest BCUT2D eigenvalue weighted by molar-refractivity contribution is 6.04. The molecule has 0 saturated carbocycles. The second-order valence-corrected chi connectivity index (χ2v) is 4.99. The Morgan fingerprint density at radius 3 is 2.83 bits per heavy atom. The van der Waals surface area contributed by atoms with Gasteiger partial charge in [-0.15, -0.1) is 0 Å². The summed E-state index contributed by atoms with van der Waals surface area (Å²) in [6, 6.07) is 14.6. The first-order valence-corrected chi connectivity index (χ1v) is 7.10. The van der Waals surface area contributed by atoms with Gasteiger partial charge in [0, 0.05) is 23.3 Å². The number of hydrogen-bond donors (Lipinski definition) is 0. The van der Waals surface area contributed by atoms with Gasteiger partial charge in [0.25, 0.3) is 0 Å². The van der Waals surface area contributed by atoms with E-state index in [-0.39, 0.29) is 0 Å². The van der Waals surface area contributed by atoms with Crippen LogP contribution in [0.15, 0.2) is 54.9 Å². The molecule has 0 aliphatic heterocycles. The summed E-state index contributed by atoms with van der Waals surface area (Å²) in [4.78, 5) is 21.0. The van der Waals surface area contributed by atoms with Gasteiger partial charge in [0.05, 0.1) is 16.8 Å². The fraction of sp³-hybridized carbons (Fsp3) is 0.111. The number of rotatable bonds is 3. The minimum atomic E-state index is -0.809. The van der Waals surface area contributed by atoms with Crippen molar-refractivity contribution in [2.45, 2.75) is 13.0 Å². The highest BCUT2D eigenvalue weighted by atomic mass is 16.5. The molecule has 2 aromatic heterocycles. The molecular weight excluding hydrogens is 290 g/mol. The summed E-state index contributed by atoms with van der Waals surface area (Å²) in [7, 11) is 0. The van der Waals surface area contributed by atoms with Crippen molar-refractivity contribution in [3.63, 3.8) is 0 Å². The Bertz CT molecular complexity index is 901. The van der Waals surface area contributed by atoms with Crippen molar-refractivity contribution < 1.29 is 9.53 Å². The second-order valence-electron chi connectivity index (χ2n) is 4.99. The molecule has 0 fully saturated rings. The first-order chi connectivity index (χ1) is 11.2. The minimum Gasteiger partial charge on any atom is -0.444 e. The number of carbonyl (C=O) groups excluding carboxylic acids is 1. The first kappa shape index (κ1) is 14.7. The molecule has 0 aliphatic rings. The molecule has 0 radical (unpaired) electrons. The van der Waals surface area contributed by atoms with E-state index in [1.165, 1.54) is 6.92 Å². The number of ether oxygens (including phenoxy) is 1. The standard InChI is InChI=1S/C18H13N3O2/c1-12(10-19)23-18(22)15-9-17(13-5-4-8-20-11-13)21-16-7-3-2-6-14(15)16/h2-9,11-12H,1H3. The summed E-state index contributed by atoms with van der Waals surface area (Å²) < 4.78 is 5.14. The summed E-state index contributed by atoms with van der Waals surface area (Å²) in [5.41, 5.74) is 2.51. The van der Waals surface area contributed by atoms with E-state index >= 15 is 0 Å². The summed E-state index contributed by atoms with van der Waals surface area (Å²) in [6.07, 6.45) is 2.55. The largest absolute Gasteiger partial charge is 0.444 e. The third-order valence-corrected chi connectivity index (χ3v) is 3.36. The number of nitrogens with zero attached hydrogens (tertiary/aromatic N) is 3. The summed E-state index contributed by atoms with van der Waals surface area (Å²) in [5, 5.41) is 9.52. The molecule has 1 aromatic carbocycles. The minimum absolute atomic E-state index is 0.386. The highest BCUT2D eigenvalue weighted by Crippen LogP contribution is 2.25. The molecule has 3 aromatic rings. The highest BCUT2D eigenvalue weighted by Gasteiger charge is 2.17. The maximum absolute atomic E-state index is 12.4. The van der Waals surface area contributed by atoms with Crippen LogP contribution < -0.4 is 0 Å². The zero-order valence-electron chi connectivity index (χ0n) is 12.4. The lowest BCUT2D eigenvalue weighted by Crippen LogP contribution is -2.14. The van der Waals surface area contributed by atoms with E-state index in [1.807, 2.05) is 42.5 Å². The van der Waals surface area contributed by atoms with E-state index in [9.17, 15) is 4.79 Å². The Morgan fingerprint density at radius 2 is 2.09 bits per heavy atom. The Balaban J connectivity index is 2.15. The van der Waals surface area contributed by atoms with Gasteiger partial charge < -0.3 is 4.74 Å². The molecule has 112 valence electrons. The summed E-state index contributed by atoms with van der Waals surface area (Å²) in [5.74, 6) is -0.539. The van der Waals surface area contributed by atoms with Gasteiger partial charge in [-0.05, 0) is 31.2 Å². The molecule has 0 N–H and O–H groups in total. The molecule has 5 heteroatoms. The van der Waals surface area contributed by atoms with Crippen molar-refractivity contribution >= 4 is 16.9 Å². The normalized spacial score (nSPS) is 11.7. The number of pyridine rings is 2. The fourth-order valence-corrected chi connectivity index (χ4v) is 2.26. The molecule has 1 unspecified atom stereocenters. The number of fused-ring (bicyclic) bond motifs is 1. The molecule has 0 amide bonds. The van der Waals surface area contributed by atoms with Crippen LogP contribution in [0.1, 0.15) is 17.3 Å². The third-order valence-electron chi connectivity index (χ3n) is 3.36. The van der Waals surface area contributed by atoms with Gasteiger partial charge in [-0.3, -0.25) is 4.98 Å². The topological polar surface area (TPSA) is 75.9 Å². The summed E-state index contributed by atoms with van der Waals surface area (Å²) in [6.45, 7) is 1.53. The Labute approximate surface area is 133 Å². The number of aromatic nitrogens is 2. The van der Waals surface area contributed by atoms with E-state index < -0.39 is 12.1 Å². The summed E-state index contributed by atoms with van der Waals surface area (Å²) >= 11 is 0. The van der Waals surface area contributed by atoms with Crippen LogP contribution in [0, 0.1) is 11.3 Å². The first-order valence-electron chi connectivity index (χ1n) is 7.10. The Morgan fingerprint density at radius 1 is 1.26 bits per heavy atom. The quantitative estimate of drug-likeness (QED) is 0.693. The van der Waals surface area contributed by atoms with Gasteiger partial charge in [0.2, 0.25) is 0 Å². The van der Waals surface area contributed by atoms with Crippen LogP contribution in [0.4, 0.5) is 0 Å². The van der Waals surface area contributed by atoms with Crippen LogP contribution in [-0.4, -0.2) is 22.0 Å². The maximum atomic E-state index is 12.4. The van der Waals surface area contributed by atoms with Crippen LogP contribution in [0.2, 0.25) is 0 Å². The lowest BCUT2D eigenvalue weighted by Gasteiger charge is -2.10.